The summed E-state index contributed by atoms with van der Waals surface area (Å²) in [6, 6.07) is 4.92. The molecule has 1 N–H and O–H groups in total. The minimum atomic E-state index is -0.671. The summed E-state index contributed by atoms with van der Waals surface area (Å²) >= 11 is 0. The average molecular weight is 259 g/mol. The van der Waals surface area contributed by atoms with Crippen molar-refractivity contribution in [3.63, 3.8) is 0 Å². The fraction of sp³-hybridized carbons (Fsp3) is 0.231. The van der Waals surface area contributed by atoms with E-state index in [1.54, 1.807) is 12.3 Å². The predicted molar refractivity (Wildman–Crippen MR) is 71.1 cm³/mol. The van der Waals surface area contributed by atoms with Crippen molar-refractivity contribution in [2.75, 3.05) is 0 Å². The number of nitrogens with one attached hydrogen (secondary N) is 1. The van der Waals surface area contributed by atoms with Gasteiger partial charge >= 0.3 is 11.2 Å². The number of nitro groups is 1. The summed E-state index contributed by atoms with van der Waals surface area (Å²) in [5.74, 6) is 0. The smallest absolute Gasteiger partial charge is 0.320 e. The first-order chi connectivity index (χ1) is 9.02. The van der Waals surface area contributed by atoms with Crippen molar-refractivity contribution in [3.05, 3.63) is 56.3 Å². The number of rotatable bonds is 3. The highest BCUT2D eigenvalue weighted by molar-refractivity contribution is 5.68. The van der Waals surface area contributed by atoms with Gasteiger partial charge in [-0.2, -0.15) is 0 Å². The van der Waals surface area contributed by atoms with Crippen LogP contribution in [0.2, 0.25) is 0 Å². The minimum Gasteiger partial charge on any atom is -0.320 e. The van der Waals surface area contributed by atoms with Crippen LogP contribution in [0.3, 0.4) is 0 Å². The van der Waals surface area contributed by atoms with Gasteiger partial charge in [-0.1, -0.05) is 6.92 Å². The van der Waals surface area contributed by atoms with Crippen molar-refractivity contribution in [3.8, 4) is 11.1 Å². The minimum absolute atomic E-state index is 0.443. The number of nitrogens with zero attached hydrogens (tertiary/aromatic N) is 2. The van der Waals surface area contributed by atoms with Crippen molar-refractivity contribution in [2.24, 2.45) is 0 Å². The molecule has 0 aliphatic heterocycles. The molecule has 0 amide bonds. The number of aromatic nitrogens is 2. The molecular formula is C13H13N3O3. The lowest BCUT2D eigenvalue weighted by Gasteiger charge is -2.08. The molecule has 98 valence electrons. The molecule has 19 heavy (non-hydrogen) atoms. The first kappa shape index (κ1) is 12.9. The van der Waals surface area contributed by atoms with Gasteiger partial charge in [-0.3, -0.25) is 19.9 Å². The summed E-state index contributed by atoms with van der Waals surface area (Å²) in [5, 5.41) is 10.8. The van der Waals surface area contributed by atoms with Gasteiger partial charge in [-0.25, -0.2) is 0 Å². The Labute approximate surface area is 109 Å². The normalized spacial score (nSPS) is 10.4. The Morgan fingerprint density at radius 1 is 1.42 bits per heavy atom. The third kappa shape index (κ3) is 2.52. The van der Waals surface area contributed by atoms with E-state index < -0.39 is 16.2 Å². The quantitative estimate of drug-likeness (QED) is 0.676. The molecule has 0 radical (unpaired) electrons. The van der Waals surface area contributed by atoms with Gasteiger partial charge in [0.1, 0.15) is 0 Å². The molecular weight excluding hydrogens is 246 g/mol. The fourth-order valence-corrected chi connectivity index (χ4v) is 1.94. The SMILES string of the molecule is CCc1[nH]c(=O)c([N+](=O)[O-])cc1-c1ccnc(C)c1. The molecule has 2 aromatic rings. The fourth-order valence-electron chi connectivity index (χ4n) is 1.94. The maximum Gasteiger partial charge on any atom is 0.334 e. The molecule has 2 heterocycles. The van der Waals surface area contributed by atoms with Gasteiger partial charge in [0.05, 0.1) is 4.92 Å². The molecule has 6 nitrogen and oxygen atoms in total. The third-order valence-electron chi connectivity index (χ3n) is 2.86. The maximum absolute atomic E-state index is 11.6. The standard InChI is InChI=1S/C13H13N3O3/c1-3-11-10(9-4-5-14-8(2)6-9)7-12(16(18)19)13(17)15-11/h4-7H,3H2,1-2H3,(H,15,17). The highest BCUT2D eigenvalue weighted by atomic mass is 16.6. The summed E-state index contributed by atoms with van der Waals surface area (Å²) in [4.78, 5) is 28.4. The number of aromatic amines is 1. The van der Waals surface area contributed by atoms with Gasteiger partial charge in [0.2, 0.25) is 0 Å². The second-order valence-corrected chi connectivity index (χ2v) is 4.17. The zero-order valence-electron chi connectivity index (χ0n) is 10.6. The lowest BCUT2D eigenvalue weighted by Crippen LogP contribution is -2.14. The summed E-state index contributed by atoms with van der Waals surface area (Å²) < 4.78 is 0. The van der Waals surface area contributed by atoms with Crippen molar-refractivity contribution in [1.82, 2.24) is 9.97 Å². The van der Waals surface area contributed by atoms with Crippen LogP contribution in [-0.4, -0.2) is 14.9 Å². The Balaban J connectivity index is 2.71. The van der Waals surface area contributed by atoms with Crippen LogP contribution in [0.15, 0.2) is 29.2 Å². The Bertz CT molecular complexity index is 692. The zero-order chi connectivity index (χ0) is 14.0. The van der Waals surface area contributed by atoms with Crippen LogP contribution in [0.1, 0.15) is 18.3 Å². The first-order valence-electron chi connectivity index (χ1n) is 5.86. The number of aryl methyl sites for hydroxylation is 2. The van der Waals surface area contributed by atoms with E-state index in [2.05, 4.69) is 9.97 Å². The van der Waals surface area contributed by atoms with Gasteiger partial charge in [0.15, 0.2) is 0 Å². The molecule has 0 bridgehead atoms. The molecule has 0 aliphatic carbocycles. The van der Waals surface area contributed by atoms with Gasteiger partial charge < -0.3 is 4.98 Å². The lowest BCUT2D eigenvalue weighted by molar-refractivity contribution is -0.386. The second kappa shape index (κ2) is 5.01. The molecule has 0 aliphatic rings. The summed E-state index contributed by atoms with van der Waals surface area (Å²) in [7, 11) is 0. The van der Waals surface area contributed by atoms with E-state index in [1.165, 1.54) is 6.07 Å². The average Bonchev–Trinajstić information content (AvgIpc) is 2.37. The van der Waals surface area contributed by atoms with Crippen LogP contribution in [0.4, 0.5) is 5.69 Å². The monoisotopic (exact) mass is 259 g/mol. The van der Waals surface area contributed by atoms with Gasteiger partial charge in [0, 0.05) is 29.2 Å². The topological polar surface area (TPSA) is 88.9 Å². The molecule has 0 saturated heterocycles. The molecule has 0 spiro atoms. The zero-order valence-corrected chi connectivity index (χ0v) is 10.6. The molecule has 0 fully saturated rings. The first-order valence-corrected chi connectivity index (χ1v) is 5.86. The van der Waals surface area contributed by atoms with Crippen LogP contribution in [0, 0.1) is 17.0 Å². The van der Waals surface area contributed by atoms with E-state index in [0.29, 0.717) is 17.7 Å². The van der Waals surface area contributed by atoms with Gasteiger partial charge in [0.25, 0.3) is 0 Å². The molecule has 2 rings (SSSR count). The molecule has 0 aromatic carbocycles. The maximum atomic E-state index is 11.6. The number of hydrogen-bond donors (Lipinski definition) is 1. The molecule has 6 heteroatoms. The largest absolute Gasteiger partial charge is 0.334 e. The Morgan fingerprint density at radius 2 is 2.16 bits per heavy atom. The Kier molecular flexibility index (Phi) is 3.41. The lowest BCUT2D eigenvalue weighted by atomic mass is 10.0. The number of hydrogen-bond acceptors (Lipinski definition) is 4. The van der Waals surface area contributed by atoms with Crippen molar-refractivity contribution in [1.29, 1.82) is 0 Å². The molecule has 2 aromatic heterocycles. The van der Waals surface area contributed by atoms with Crippen LogP contribution >= 0.6 is 0 Å². The highest BCUT2D eigenvalue weighted by Crippen LogP contribution is 2.25. The van der Waals surface area contributed by atoms with E-state index in [-0.39, 0.29) is 0 Å². The van der Waals surface area contributed by atoms with Gasteiger partial charge in [-0.05, 0) is 31.0 Å². The Hall–Kier alpha value is -2.50. The van der Waals surface area contributed by atoms with Crippen molar-refractivity contribution < 1.29 is 4.92 Å². The summed E-state index contributed by atoms with van der Waals surface area (Å²) in [5.41, 5.74) is 1.86. The third-order valence-corrected chi connectivity index (χ3v) is 2.86. The van der Waals surface area contributed by atoms with E-state index in [1.807, 2.05) is 19.9 Å². The number of H-pyrrole nitrogens is 1. The van der Waals surface area contributed by atoms with E-state index in [0.717, 1.165) is 11.3 Å². The second-order valence-electron chi connectivity index (χ2n) is 4.17. The van der Waals surface area contributed by atoms with Gasteiger partial charge in [-0.15, -0.1) is 0 Å². The summed E-state index contributed by atoms with van der Waals surface area (Å²) in [6.07, 6.45) is 2.23. The summed E-state index contributed by atoms with van der Waals surface area (Å²) in [6.45, 7) is 3.73. The van der Waals surface area contributed by atoms with Crippen LogP contribution in [-0.2, 0) is 6.42 Å². The van der Waals surface area contributed by atoms with Crippen molar-refractivity contribution in [2.45, 2.75) is 20.3 Å². The van der Waals surface area contributed by atoms with Crippen molar-refractivity contribution >= 4 is 5.69 Å². The number of pyridine rings is 2. The molecule has 0 unspecified atom stereocenters. The van der Waals surface area contributed by atoms with Crippen LogP contribution in [0.5, 0.6) is 0 Å². The van der Waals surface area contributed by atoms with E-state index in [4.69, 9.17) is 0 Å². The Morgan fingerprint density at radius 3 is 2.74 bits per heavy atom. The predicted octanol–water partition coefficient (Wildman–Crippen LogP) is 2.22. The molecule has 0 atom stereocenters. The van der Waals surface area contributed by atoms with E-state index in [9.17, 15) is 14.9 Å². The van der Waals surface area contributed by atoms with Crippen LogP contribution < -0.4 is 5.56 Å². The highest BCUT2D eigenvalue weighted by Gasteiger charge is 2.17. The van der Waals surface area contributed by atoms with Crippen LogP contribution in [0.25, 0.3) is 11.1 Å². The van der Waals surface area contributed by atoms with E-state index >= 15 is 0 Å². The molecule has 0 saturated carbocycles.